The van der Waals surface area contributed by atoms with E-state index in [0.717, 1.165) is 39.3 Å². The minimum Gasteiger partial charge on any atom is -0.379 e. The van der Waals surface area contributed by atoms with Crippen molar-refractivity contribution >= 4 is 5.57 Å². The third kappa shape index (κ3) is 2.81. The lowest BCUT2D eigenvalue weighted by molar-refractivity contribution is 0.0434. The summed E-state index contributed by atoms with van der Waals surface area (Å²) < 4.78 is 5.48. The molecule has 0 radical (unpaired) electrons. The van der Waals surface area contributed by atoms with Crippen molar-refractivity contribution in [2.75, 3.05) is 32.8 Å². The largest absolute Gasteiger partial charge is 0.379 e. The lowest BCUT2D eigenvalue weighted by Crippen LogP contribution is -2.36. The summed E-state index contributed by atoms with van der Waals surface area (Å²) in [5.41, 5.74) is 5.86. The molecule has 124 valence electrons. The Morgan fingerprint density at radius 2 is 1.71 bits per heavy atom. The molecule has 1 heterocycles. The van der Waals surface area contributed by atoms with Crippen molar-refractivity contribution in [2.45, 2.75) is 18.8 Å². The van der Waals surface area contributed by atoms with Crippen LogP contribution in [0, 0.1) is 0 Å². The summed E-state index contributed by atoms with van der Waals surface area (Å²) in [6.07, 6.45) is 3.55. The SMILES string of the molecule is CC1(c2ccccc2)Cc2ccccc2/C1=C/CN1CCOCC1. The van der Waals surface area contributed by atoms with Crippen molar-refractivity contribution in [2.24, 2.45) is 0 Å². The van der Waals surface area contributed by atoms with Crippen LogP contribution in [0.5, 0.6) is 0 Å². The Morgan fingerprint density at radius 1 is 1.00 bits per heavy atom. The van der Waals surface area contributed by atoms with Gasteiger partial charge in [0.25, 0.3) is 0 Å². The molecular formula is C22H25NO. The van der Waals surface area contributed by atoms with E-state index in [1.807, 2.05) is 0 Å². The number of rotatable bonds is 3. The quantitative estimate of drug-likeness (QED) is 0.850. The van der Waals surface area contributed by atoms with E-state index in [4.69, 9.17) is 4.74 Å². The van der Waals surface area contributed by atoms with Gasteiger partial charge in [-0.25, -0.2) is 0 Å². The molecule has 0 N–H and O–H groups in total. The summed E-state index contributed by atoms with van der Waals surface area (Å²) in [4.78, 5) is 2.49. The maximum absolute atomic E-state index is 5.48. The van der Waals surface area contributed by atoms with Gasteiger partial charge in [0.1, 0.15) is 0 Å². The van der Waals surface area contributed by atoms with Crippen molar-refractivity contribution in [1.29, 1.82) is 0 Å². The molecule has 4 rings (SSSR count). The van der Waals surface area contributed by atoms with E-state index < -0.39 is 0 Å². The van der Waals surface area contributed by atoms with E-state index in [9.17, 15) is 0 Å². The Kier molecular flexibility index (Phi) is 4.26. The maximum atomic E-state index is 5.48. The Hall–Kier alpha value is -1.90. The highest BCUT2D eigenvalue weighted by Crippen LogP contribution is 2.48. The van der Waals surface area contributed by atoms with E-state index in [0.29, 0.717) is 0 Å². The third-order valence-electron chi connectivity index (χ3n) is 5.51. The molecular weight excluding hydrogens is 294 g/mol. The molecule has 2 aliphatic rings. The van der Waals surface area contributed by atoms with Crippen LogP contribution in [0.15, 0.2) is 60.7 Å². The lowest BCUT2D eigenvalue weighted by Gasteiger charge is -2.29. The van der Waals surface area contributed by atoms with E-state index in [2.05, 4.69) is 72.5 Å². The number of benzene rings is 2. The molecule has 1 fully saturated rings. The number of allylic oxidation sites excluding steroid dienone is 1. The van der Waals surface area contributed by atoms with Gasteiger partial charge in [0, 0.05) is 25.0 Å². The predicted molar refractivity (Wildman–Crippen MR) is 99.2 cm³/mol. The van der Waals surface area contributed by atoms with Crippen molar-refractivity contribution in [3.05, 3.63) is 77.4 Å². The molecule has 2 heteroatoms. The molecule has 1 unspecified atom stereocenters. The van der Waals surface area contributed by atoms with Gasteiger partial charge in [-0.05, 0) is 28.7 Å². The fourth-order valence-electron chi connectivity index (χ4n) is 4.11. The molecule has 0 bridgehead atoms. The van der Waals surface area contributed by atoms with Gasteiger partial charge in [-0.3, -0.25) is 4.90 Å². The van der Waals surface area contributed by atoms with Crippen molar-refractivity contribution in [3.63, 3.8) is 0 Å². The summed E-state index contributed by atoms with van der Waals surface area (Å²) in [6, 6.07) is 19.9. The van der Waals surface area contributed by atoms with Gasteiger partial charge in [0.15, 0.2) is 0 Å². The fraction of sp³-hybridized carbons (Fsp3) is 0.364. The Morgan fingerprint density at radius 3 is 2.50 bits per heavy atom. The highest BCUT2D eigenvalue weighted by atomic mass is 16.5. The second-order valence-corrected chi connectivity index (χ2v) is 7.06. The third-order valence-corrected chi connectivity index (χ3v) is 5.51. The van der Waals surface area contributed by atoms with E-state index in [1.54, 1.807) is 0 Å². The zero-order valence-corrected chi connectivity index (χ0v) is 14.4. The summed E-state index contributed by atoms with van der Waals surface area (Å²) in [5, 5.41) is 0. The minimum atomic E-state index is 0.0667. The molecule has 1 aliphatic carbocycles. The van der Waals surface area contributed by atoms with Crippen LogP contribution in [-0.2, 0) is 16.6 Å². The maximum Gasteiger partial charge on any atom is 0.0594 e. The Labute approximate surface area is 144 Å². The lowest BCUT2D eigenvalue weighted by atomic mass is 9.76. The number of hydrogen-bond acceptors (Lipinski definition) is 2. The monoisotopic (exact) mass is 319 g/mol. The van der Waals surface area contributed by atoms with Crippen LogP contribution in [0.3, 0.4) is 0 Å². The summed E-state index contributed by atoms with van der Waals surface area (Å²) in [6.45, 7) is 7.19. The van der Waals surface area contributed by atoms with Crippen molar-refractivity contribution < 1.29 is 4.74 Å². The van der Waals surface area contributed by atoms with Gasteiger partial charge in [0.05, 0.1) is 13.2 Å². The Balaban J connectivity index is 1.71. The highest BCUT2D eigenvalue weighted by molar-refractivity contribution is 5.82. The van der Waals surface area contributed by atoms with Gasteiger partial charge in [-0.15, -0.1) is 0 Å². The molecule has 1 saturated heterocycles. The van der Waals surface area contributed by atoms with Crippen molar-refractivity contribution in [1.82, 2.24) is 4.90 Å². The predicted octanol–water partition coefficient (Wildman–Crippen LogP) is 3.92. The molecule has 0 saturated carbocycles. The second-order valence-electron chi connectivity index (χ2n) is 7.06. The first kappa shape index (κ1) is 15.6. The van der Waals surface area contributed by atoms with Crippen LogP contribution in [-0.4, -0.2) is 37.7 Å². The molecule has 0 spiro atoms. The number of hydrogen-bond donors (Lipinski definition) is 0. The summed E-state index contributed by atoms with van der Waals surface area (Å²) in [5.74, 6) is 0. The molecule has 2 aromatic carbocycles. The van der Waals surface area contributed by atoms with Crippen LogP contribution in [0.4, 0.5) is 0 Å². The fourth-order valence-corrected chi connectivity index (χ4v) is 4.11. The topological polar surface area (TPSA) is 12.5 Å². The van der Waals surface area contributed by atoms with Gasteiger partial charge in [-0.2, -0.15) is 0 Å². The van der Waals surface area contributed by atoms with Gasteiger partial charge < -0.3 is 4.74 Å². The van der Waals surface area contributed by atoms with Gasteiger partial charge >= 0.3 is 0 Å². The van der Waals surface area contributed by atoms with Crippen LogP contribution >= 0.6 is 0 Å². The van der Waals surface area contributed by atoms with Crippen LogP contribution in [0.25, 0.3) is 5.57 Å². The first-order valence-corrected chi connectivity index (χ1v) is 8.92. The van der Waals surface area contributed by atoms with E-state index in [1.165, 1.54) is 22.3 Å². The average Bonchev–Trinajstić information content (AvgIpc) is 2.94. The molecule has 1 atom stereocenters. The van der Waals surface area contributed by atoms with Crippen LogP contribution in [0.1, 0.15) is 23.6 Å². The summed E-state index contributed by atoms with van der Waals surface area (Å²) >= 11 is 0. The second kappa shape index (κ2) is 6.54. The van der Waals surface area contributed by atoms with Crippen LogP contribution in [0.2, 0.25) is 0 Å². The standard InChI is InChI=1S/C22H25NO/c1-22(19-8-3-2-4-9-19)17-18-7-5-6-10-20(18)21(22)11-12-23-13-15-24-16-14-23/h2-11H,12-17H2,1H3/b21-11-. The highest BCUT2D eigenvalue weighted by Gasteiger charge is 2.38. The van der Waals surface area contributed by atoms with Gasteiger partial charge in [-0.1, -0.05) is 67.6 Å². The first-order chi connectivity index (χ1) is 11.8. The average molecular weight is 319 g/mol. The smallest absolute Gasteiger partial charge is 0.0594 e. The summed E-state index contributed by atoms with van der Waals surface area (Å²) in [7, 11) is 0. The normalized spacial score (nSPS) is 25.8. The van der Waals surface area contributed by atoms with Gasteiger partial charge in [0.2, 0.25) is 0 Å². The number of morpholine rings is 1. The molecule has 24 heavy (non-hydrogen) atoms. The van der Waals surface area contributed by atoms with Crippen molar-refractivity contribution in [3.8, 4) is 0 Å². The zero-order valence-electron chi connectivity index (χ0n) is 14.4. The van der Waals surface area contributed by atoms with E-state index >= 15 is 0 Å². The first-order valence-electron chi connectivity index (χ1n) is 8.92. The molecule has 0 amide bonds. The minimum absolute atomic E-state index is 0.0667. The zero-order chi connectivity index (χ0) is 16.4. The molecule has 2 aromatic rings. The number of nitrogens with zero attached hydrogens (tertiary/aromatic N) is 1. The number of fused-ring (bicyclic) bond motifs is 1. The Bertz CT molecular complexity index is 731. The molecule has 2 nitrogen and oxygen atoms in total. The number of ether oxygens (including phenoxy) is 1. The molecule has 0 aromatic heterocycles. The van der Waals surface area contributed by atoms with Crippen LogP contribution < -0.4 is 0 Å². The molecule has 1 aliphatic heterocycles. The van der Waals surface area contributed by atoms with E-state index in [-0.39, 0.29) is 5.41 Å².